The Balaban J connectivity index is 1.48. The SMILES string of the molecule is CC(C)(C)c1ccc(N2CCC(NC(=O)/C=C/c3ccccn3)CC2)cc1. The molecule has 1 saturated heterocycles. The summed E-state index contributed by atoms with van der Waals surface area (Å²) in [5, 5.41) is 3.11. The van der Waals surface area contributed by atoms with Gasteiger partial charge in [0, 0.05) is 37.1 Å². The van der Waals surface area contributed by atoms with Crippen LogP contribution in [0, 0.1) is 0 Å². The molecule has 0 aliphatic carbocycles. The lowest BCUT2D eigenvalue weighted by Gasteiger charge is -2.34. The summed E-state index contributed by atoms with van der Waals surface area (Å²) in [6, 6.07) is 14.8. The molecule has 4 heteroatoms. The first-order valence-electron chi connectivity index (χ1n) is 9.67. The van der Waals surface area contributed by atoms with Crippen LogP contribution in [-0.2, 0) is 10.2 Å². The molecule has 1 aromatic heterocycles. The highest BCUT2D eigenvalue weighted by atomic mass is 16.1. The second-order valence-electron chi connectivity index (χ2n) is 8.15. The molecule has 0 atom stereocenters. The van der Waals surface area contributed by atoms with Gasteiger partial charge < -0.3 is 10.2 Å². The third kappa shape index (κ3) is 5.43. The summed E-state index contributed by atoms with van der Waals surface area (Å²) in [4.78, 5) is 18.7. The number of aromatic nitrogens is 1. The van der Waals surface area contributed by atoms with Crippen LogP contribution >= 0.6 is 0 Å². The summed E-state index contributed by atoms with van der Waals surface area (Å²) in [5.41, 5.74) is 3.59. The molecule has 0 unspecified atom stereocenters. The monoisotopic (exact) mass is 363 g/mol. The molecule has 0 spiro atoms. The van der Waals surface area contributed by atoms with Gasteiger partial charge in [-0.3, -0.25) is 9.78 Å². The van der Waals surface area contributed by atoms with Crippen molar-refractivity contribution in [3.8, 4) is 0 Å². The molecule has 1 N–H and O–H groups in total. The number of hydrogen-bond donors (Lipinski definition) is 1. The maximum absolute atomic E-state index is 12.1. The highest BCUT2D eigenvalue weighted by molar-refractivity contribution is 5.91. The van der Waals surface area contributed by atoms with Crippen molar-refractivity contribution in [3.05, 3.63) is 66.0 Å². The number of piperidine rings is 1. The number of rotatable bonds is 4. The molecule has 1 amide bonds. The summed E-state index contributed by atoms with van der Waals surface area (Å²) in [5.74, 6) is -0.0476. The average Bonchev–Trinajstić information content (AvgIpc) is 2.67. The Labute approximate surface area is 162 Å². The molecule has 0 saturated carbocycles. The predicted octanol–water partition coefficient (Wildman–Crippen LogP) is 4.18. The van der Waals surface area contributed by atoms with Crippen LogP contribution in [0.4, 0.5) is 5.69 Å². The van der Waals surface area contributed by atoms with E-state index in [9.17, 15) is 4.79 Å². The van der Waals surface area contributed by atoms with E-state index in [1.54, 1.807) is 18.3 Å². The number of anilines is 1. The molecule has 0 bridgehead atoms. The van der Waals surface area contributed by atoms with Gasteiger partial charge in [0.05, 0.1) is 5.69 Å². The van der Waals surface area contributed by atoms with Gasteiger partial charge in [0.1, 0.15) is 0 Å². The van der Waals surface area contributed by atoms with Gasteiger partial charge in [0.25, 0.3) is 0 Å². The number of benzene rings is 1. The highest BCUT2D eigenvalue weighted by Crippen LogP contribution is 2.26. The molecule has 2 heterocycles. The zero-order valence-electron chi connectivity index (χ0n) is 16.5. The first kappa shape index (κ1) is 19.2. The van der Waals surface area contributed by atoms with Gasteiger partial charge in [-0.15, -0.1) is 0 Å². The van der Waals surface area contributed by atoms with Gasteiger partial charge in [0.15, 0.2) is 0 Å². The van der Waals surface area contributed by atoms with Gasteiger partial charge in [0.2, 0.25) is 5.91 Å². The van der Waals surface area contributed by atoms with Crippen LogP contribution < -0.4 is 10.2 Å². The van der Waals surface area contributed by atoms with Crippen molar-refractivity contribution in [2.75, 3.05) is 18.0 Å². The molecule has 142 valence electrons. The molecule has 27 heavy (non-hydrogen) atoms. The third-order valence-electron chi connectivity index (χ3n) is 5.03. The molecule has 0 radical (unpaired) electrons. The first-order valence-corrected chi connectivity index (χ1v) is 9.67. The lowest BCUT2D eigenvalue weighted by Crippen LogP contribution is -2.44. The summed E-state index contributed by atoms with van der Waals surface area (Å²) >= 11 is 0. The van der Waals surface area contributed by atoms with E-state index in [1.807, 2.05) is 18.2 Å². The zero-order valence-corrected chi connectivity index (χ0v) is 16.5. The number of carbonyl (C=O) groups excluding carboxylic acids is 1. The minimum atomic E-state index is -0.0476. The van der Waals surface area contributed by atoms with Crippen molar-refractivity contribution < 1.29 is 4.79 Å². The minimum absolute atomic E-state index is 0.0476. The van der Waals surface area contributed by atoms with Crippen LogP contribution in [0.1, 0.15) is 44.9 Å². The lowest BCUT2D eigenvalue weighted by atomic mass is 9.87. The Morgan fingerprint density at radius 2 is 1.81 bits per heavy atom. The number of nitrogens with one attached hydrogen (secondary N) is 1. The van der Waals surface area contributed by atoms with Crippen LogP contribution in [0.5, 0.6) is 0 Å². The summed E-state index contributed by atoms with van der Waals surface area (Å²) in [6.07, 6.45) is 6.97. The van der Waals surface area contributed by atoms with Crippen molar-refractivity contribution in [2.45, 2.75) is 45.1 Å². The van der Waals surface area contributed by atoms with E-state index in [-0.39, 0.29) is 17.4 Å². The molecule has 1 aliphatic rings. The maximum Gasteiger partial charge on any atom is 0.244 e. The van der Waals surface area contributed by atoms with Crippen molar-refractivity contribution in [3.63, 3.8) is 0 Å². The van der Waals surface area contributed by atoms with Gasteiger partial charge in [-0.2, -0.15) is 0 Å². The number of amides is 1. The van der Waals surface area contributed by atoms with E-state index in [0.717, 1.165) is 31.6 Å². The Morgan fingerprint density at radius 3 is 2.41 bits per heavy atom. The standard InChI is InChI=1S/C23H29N3O/c1-23(2,3)18-7-10-21(11-8-18)26-16-13-20(14-17-26)25-22(27)12-9-19-6-4-5-15-24-19/h4-12,15,20H,13-14,16-17H2,1-3H3,(H,25,27)/b12-9+. The maximum atomic E-state index is 12.1. The van der Waals surface area contributed by atoms with E-state index in [0.29, 0.717) is 0 Å². The van der Waals surface area contributed by atoms with E-state index in [2.05, 4.69) is 60.2 Å². The topological polar surface area (TPSA) is 45.2 Å². The third-order valence-corrected chi connectivity index (χ3v) is 5.03. The van der Waals surface area contributed by atoms with Crippen LogP contribution in [-0.4, -0.2) is 30.0 Å². The largest absolute Gasteiger partial charge is 0.371 e. The molecule has 1 aliphatic heterocycles. The van der Waals surface area contributed by atoms with E-state index in [1.165, 1.54) is 11.3 Å². The Morgan fingerprint density at radius 1 is 1.11 bits per heavy atom. The molecular formula is C23H29N3O. The fraction of sp³-hybridized carbons (Fsp3) is 0.391. The van der Waals surface area contributed by atoms with Gasteiger partial charge in [-0.1, -0.05) is 39.0 Å². The Hall–Kier alpha value is -2.62. The smallest absolute Gasteiger partial charge is 0.244 e. The van der Waals surface area contributed by atoms with Crippen LogP contribution in [0.3, 0.4) is 0 Å². The molecule has 3 rings (SSSR count). The lowest BCUT2D eigenvalue weighted by molar-refractivity contribution is -0.117. The number of pyridine rings is 1. The molecule has 2 aromatic rings. The fourth-order valence-corrected chi connectivity index (χ4v) is 3.34. The van der Waals surface area contributed by atoms with Gasteiger partial charge in [-0.05, 0) is 54.2 Å². The second-order valence-corrected chi connectivity index (χ2v) is 8.15. The number of carbonyl (C=O) groups is 1. The quantitative estimate of drug-likeness (QED) is 0.829. The normalized spacial score (nSPS) is 15.9. The number of hydrogen-bond acceptors (Lipinski definition) is 3. The minimum Gasteiger partial charge on any atom is -0.371 e. The van der Waals surface area contributed by atoms with Crippen LogP contribution in [0.25, 0.3) is 6.08 Å². The van der Waals surface area contributed by atoms with E-state index < -0.39 is 0 Å². The summed E-state index contributed by atoms with van der Waals surface area (Å²) in [6.45, 7) is 8.63. The van der Waals surface area contributed by atoms with Gasteiger partial charge in [-0.25, -0.2) is 0 Å². The highest BCUT2D eigenvalue weighted by Gasteiger charge is 2.21. The Bertz CT molecular complexity index is 768. The first-order chi connectivity index (χ1) is 12.9. The molecule has 1 fully saturated rings. The molecule has 4 nitrogen and oxygen atoms in total. The second kappa shape index (κ2) is 8.38. The van der Waals surface area contributed by atoms with Crippen molar-refractivity contribution in [1.29, 1.82) is 0 Å². The van der Waals surface area contributed by atoms with Crippen molar-refractivity contribution >= 4 is 17.7 Å². The van der Waals surface area contributed by atoms with E-state index >= 15 is 0 Å². The summed E-state index contributed by atoms with van der Waals surface area (Å²) in [7, 11) is 0. The van der Waals surface area contributed by atoms with Crippen molar-refractivity contribution in [2.24, 2.45) is 0 Å². The van der Waals surface area contributed by atoms with E-state index in [4.69, 9.17) is 0 Å². The molecular weight excluding hydrogens is 334 g/mol. The number of nitrogens with zero attached hydrogens (tertiary/aromatic N) is 2. The summed E-state index contributed by atoms with van der Waals surface area (Å²) < 4.78 is 0. The zero-order chi connectivity index (χ0) is 19.3. The van der Waals surface area contributed by atoms with Crippen molar-refractivity contribution in [1.82, 2.24) is 10.3 Å². The predicted molar refractivity (Wildman–Crippen MR) is 112 cm³/mol. The average molecular weight is 364 g/mol. The Kier molecular flexibility index (Phi) is 5.94. The van der Waals surface area contributed by atoms with Crippen LogP contribution in [0.2, 0.25) is 0 Å². The van der Waals surface area contributed by atoms with Gasteiger partial charge >= 0.3 is 0 Å². The fourth-order valence-electron chi connectivity index (χ4n) is 3.34. The van der Waals surface area contributed by atoms with Crippen LogP contribution in [0.15, 0.2) is 54.7 Å². The molecule has 1 aromatic carbocycles.